The van der Waals surface area contributed by atoms with Crippen molar-refractivity contribution >= 4 is 22.5 Å². The zero-order valence-corrected chi connectivity index (χ0v) is 13.7. The predicted octanol–water partition coefficient (Wildman–Crippen LogP) is 3.24. The molecule has 1 aromatic rings. The van der Waals surface area contributed by atoms with Crippen molar-refractivity contribution in [3.63, 3.8) is 0 Å². The first-order valence-corrected chi connectivity index (χ1v) is 9.13. The van der Waals surface area contributed by atoms with Crippen LogP contribution in [0.1, 0.15) is 37.8 Å². The number of thiazole rings is 1. The third-order valence-electron chi connectivity index (χ3n) is 5.81. The van der Waals surface area contributed by atoms with Crippen LogP contribution in [0.4, 0.5) is 9.93 Å². The highest BCUT2D eigenvalue weighted by atomic mass is 32.1. The molecule has 3 saturated carbocycles. The molecule has 0 unspecified atom stereocenters. The fourth-order valence-electron chi connectivity index (χ4n) is 5.11. The third kappa shape index (κ3) is 2.52. The lowest BCUT2D eigenvalue weighted by molar-refractivity contribution is 0.182. The molecule has 0 saturated heterocycles. The van der Waals surface area contributed by atoms with Gasteiger partial charge in [0.1, 0.15) is 0 Å². The molecule has 3 aliphatic carbocycles. The van der Waals surface area contributed by atoms with E-state index in [9.17, 15) is 4.79 Å². The first-order chi connectivity index (χ1) is 10.7. The van der Waals surface area contributed by atoms with Gasteiger partial charge >= 0.3 is 6.03 Å². The average Bonchev–Trinajstić information content (AvgIpc) is 3.19. The number of aromatic nitrogens is 1. The second-order valence-corrected chi connectivity index (χ2v) is 7.79. The van der Waals surface area contributed by atoms with Crippen LogP contribution in [0.2, 0.25) is 0 Å². The second-order valence-electron chi connectivity index (χ2n) is 6.94. The van der Waals surface area contributed by atoms with Crippen molar-refractivity contribution in [2.45, 2.75) is 44.8 Å². The van der Waals surface area contributed by atoms with Crippen molar-refractivity contribution in [1.29, 1.82) is 0 Å². The van der Waals surface area contributed by atoms with Crippen LogP contribution >= 0.6 is 11.3 Å². The molecular weight excluding hydrogens is 298 g/mol. The molecule has 1 heterocycles. The van der Waals surface area contributed by atoms with E-state index in [0.717, 1.165) is 23.4 Å². The highest BCUT2D eigenvalue weighted by Crippen LogP contribution is 2.58. The van der Waals surface area contributed by atoms with Crippen LogP contribution in [0.25, 0.3) is 0 Å². The van der Waals surface area contributed by atoms with Crippen molar-refractivity contribution in [2.75, 3.05) is 12.4 Å². The number of carbonyl (C=O) groups excluding carboxylic acids is 1. The number of rotatable bonds is 4. The number of anilines is 1. The lowest BCUT2D eigenvalue weighted by atomic mass is 9.79. The summed E-state index contributed by atoms with van der Waals surface area (Å²) in [7, 11) is 1.64. The van der Waals surface area contributed by atoms with E-state index >= 15 is 0 Å². The van der Waals surface area contributed by atoms with Gasteiger partial charge in [0.15, 0.2) is 5.13 Å². The summed E-state index contributed by atoms with van der Waals surface area (Å²) in [4.78, 5) is 16.6. The van der Waals surface area contributed by atoms with Crippen LogP contribution in [-0.4, -0.2) is 24.2 Å². The maximum atomic E-state index is 12.2. The molecule has 1 aromatic heterocycles. The maximum absolute atomic E-state index is 12.2. The number of methoxy groups -OCH3 is 1. The Labute approximate surface area is 134 Å². The first kappa shape index (κ1) is 14.5. The SMILES string of the molecule is COCc1csc(NC(=O)N[C@@H]2C[C@H]3C[C@H]2[C@H]2CCC[C@@H]32)n1. The van der Waals surface area contributed by atoms with Gasteiger partial charge in [0.25, 0.3) is 0 Å². The molecule has 4 rings (SSSR count). The van der Waals surface area contributed by atoms with Gasteiger partial charge in [-0.05, 0) is 49.4 Å². The van der Waals surface area contributed by atoms with E-state index in [1.54, 1.807) is 7.11 Å². The molecule has 5 atom stereocenters. The van der Waals surface area contributed by atoms with Crippen LogP contribution in [0.3, 0.4) is 0 Å². The lowest BCUT2D eigenvalue weighted by Gasteiger charge is -2.31. The molecule has 0 radical (unpaired) electrons. The summed E-state index contributed by atoms with van der Waals surface area (Å²) in [6, 6.07) is 0.258. The Bertz CT molecular complexity index is 561. The van der Waals surface area contributed by atoms with Gasteiger partial charge < -0.3 is 10.1 Å². The van der Waals surface area contributed by atoms with Gasteiger partial charge in [-0.2, -0.15) is 0 Å². The Hall–Kier alpha value is -1.14. The summed E-state index contributed by atoms with van der Waals surface area (Å²) in [6.45, 7) is 0.481. The minimum absolute atomic E-state index is 0.106. The molecule has 5 nitrogen and oxygen atoms in total. The average molecular weight is 321 g/mol. The van der Waals surface area contributed by atoms with E-state index in [2.05, 4.69) is 15.6 Å². The summed E-state index contributed by atoms with van der Waals surface area (Å²) in [5.74, 6) is 3.40. The quantitative estimate of drug-likeness (QED) is 0.895. The van der Waals surface area contributed by atoms with Gasteiger partial charge in [0, 0.05) is 18.5 Å². The third-order valence-corrected chi connectivity index (χ3v) is 6.62. The summed E-state index contributed by atoms with van der Waals surface area (Å²) < 4.78 is 5.04. The first-order valence-electron chi connectivity index (χ1n) is 8.25. The Morgan fingerprint density at radius 3 is 3.09 bits per heavy atom. The minimum Gasteiger partial charge on any atom is -0.378 e. The number of carbonyl (C=O) groups is 1. The van der Waals surface area contributed by atoms with E-state index in [1.807, 2.05) is 5.38 Å². The number of fused-ring (bicyclic) bond motifs is 5. The van der Waals surface area contributed by atoms with Crippen LogP contribution in [0, 0.1) is 23.7 Å². The van der Waals surface area contributed by atoms with E-state index in [1.165, 1.54) is 43.4 Å². The van der Waals surface area contributed by atoms with Crippen molar-refractivity contribution in [1.82, 2.24) is 10.3 Å². The van der Waals surface area contributed by atoms with Gasteiger partial charge in [0.05, 0.1) is 12.3 Å². The zero-order valence-electron chi connectivity index (χ0n) is 12.9. The summed E-state index contributed by atoms with van der Waals surface area (Å²) in [5.41, 5.74) is 0.858. The normalized spacial score (nSPS) is 35.6. The molecule has 2 bridgehead atoms. The zero-order chi connectivity index (χ0) is 15.1. The molecule has 3 fully saturated rings. The fraction of sp³-hybridized carbons (Fsp3) is 0.750. The highest BCUT2D eigenvalue weighted by Gasteiger charge is 2.54. The smallest absolute Gasteiger partial charge is 0.321 e. The fourth-order valence-corrected chi connectivity index (χ4v) is 5.80. The largest absolute Gasteiger partial charge is 0.378 e. The van der Waals surface area contributed by atoms with E-state index in [0.29, 0.717) is 23.7 Å². The van der Waals surface area contributed by atoms with Crippen LogP contribution < -0.4 is 10.6 Å². The Morgan fingerprint density at radius 1 is 1.36 bits per heavy atom. The molecule has 0 aliphatic heterocycles. The van der Waals surface area contributed by atoms with Gasteiger partial charge in [-0.15, -0.1) is 11.3 Å². The molecule has 120 valence electrons. The number of amides is 2. The predicted molar refractivity (Wildman–Crippen MR) is 85.8 cm³/mol. The Morgan fingerprint density at radius 2 is 2.23 bits per heavy atom. The highest BCUT2D eigenvalue weighted by molar-refractivity contribution is 7.13. The van der Waals surface area contributed by atoms with Crippen LogP contribution in [-0.2, 0) is 11.3 Å². The van der Waals surface area contributed by atoms with Crippen LogP contribution in [0.15, 0.2) is 5.38 Å². The second kappa shape index (κ2) is 5.81. The van der Waals surface area contributed by atoms with Gasteiger partial charge in [-0.1, -0.05) is 6.42 Å². The molecule has 3 aliphatic rings. The van der Waals surface area contributed by atoms with Gasteiger partial charge in [-0.25, -0.2) is 9.78 Å². The van der Waals surface area contributed by atoms with Gasteiger partial charge in [0.2, 0.25) is 0 Å². The molecule has 22 heavy (non-hydrogen) atoms. The molecular formula is C16H23N3O2S. The molecule has 0 spiro atoms. The van der Waals surface area contributed by atoms with E-state index in [-0.39, 0.29) is 6.03 Å². The Balaban J connectivity index is 1.33. The maximum Gasteiger partial charge on any atom is 0.321 e. The van der Waals surface area contributed by atoms with Crippen molar-refractivity contribution in [2.24, 2.45) is 23.7 Å². The minimum atomic E-state index is -0.106. The number of urea groups is 1. The number of hydrogen-bond donors (Lipinski definition) is 2. The number of ether oxygens (including phenoxy) is 1. The topological polar surface area (TPSA) is 63.2 Å². The number of hydrogen-bond acceptors (Lipinski definition) is 4. The number of nitrogens with one attached hydrogen (secondary N) is 2. The standard InChI is InChI=1S/C16H23N3O2S/c1-21-7-10-8-22-16(17-10)19-15(20)18-14-6-9-5-13(14)12-4-2-3-11(9)12/h8-9,11-14H,2-7H2,1H3,(H2,17,18,19,20)/t9-,11+,12+,13+,14-/m1/s1. The Kier molecular flexibility index (Phi) is 3.82. The van der Waals surface area contributed by atoms with Crippen molar-refractivity contribution in [3.8, 4) is 0 Å². The van der Waals surface area contributed by atoms with Crippen molar-refractivity contribution < 1.29 is 9.53 Å². The molecule has 0 aromatic carbocycles. The summed E-state index contributed by atoms with van der Waals surface area (Å²) in [6.07, 6.45) is 6.69. The molecule has 2 amide bonds. The summed E-state index contributed by atoms with van der Waals surface area (Å²) >= 11 is 1.44. The molecule has 6 heteroatoms. The number of nitrogens with zero attached hydrogens (tertiary/aromatic N) is 1. The van der Waals surface area contributed by atoms with Crippen molar-refractivity contribution in [3.05, 3.63) is 11.1 Å². The monoisotopic (exact) mass is 321 g/mol. The lowest BCUT2D eigenvalue weighted by Crippen LogP contribution is -2.44. The molecule has 2 N–H and O–H groups in total. The van der Waals surface area contributed by atoms with E-state index < -0.39 is 0 Å². The summed E-state index contributed by atoms with van der Waals surface area (Å²) in [5, 5.41) is 8.63. The van der Waals surface area contributed by atoms with Gasteiger partial charge in [-0.3, -0.25) is 5.32 Å². The van der Waals surface area contributed by atoms with E-state index in [4.69, 9.17) is 4.74 Å². The van der Waals surface area contributed by atoms with Crippen LogP contribution in [0.5, 0.6) is 0 Å².